The number of amides is 1. The highest BCUT2D eigenvalue weighted by atomic mass is 16.4. The molecule has 2 saturated carbocycles. The third-order valence-electron chi connectivity index (χ3n) is 5.40. The van der Waals surface area contributed by atoms with Gasteiger partial charge in [-0.25, -0.2) is 0 Å². The van der Waals surface area contributed by atoms with Crippen molar-refractivity contribution in [3.05, 3.63) is 11.8 Å². The number of rotatable bonds is 6. The van der Waals surface area contributed by atoms with Gasteiger partial charge in [-0.05, 0) is 25.7 Å². The van der Waals surface area contributed by atoms with E-state index < -0.39 is 5.60 Å². The third kappa shape index (κ3) is 4.79. The number of aliphatic hydroxyl groups is 1. The Morgan fingerprint density at radius 2 is 1.83 bits per heavy atom. The van der Waals surface area contributed by atoms with Crippen LogP contribution >= 0.6 is 0 Å². The maximum Gasteiger partial charge on any atom is 0.220 e. The van der Waals surface area contributed by atoms with Gasteiger partial charge in [0.15, 0.2) is 0 Å². The molecule has 0 radical (unpaired) electrons. The van der Waals surface area contributed by atoms with E-state index in [4.69, 9.17) is 4.42 Å². The minimum Gasteiger partial charge on any atom is -0.425 e. The topological polar surface area (TPSA) is 88.2 Å². The fraction of sp³-hybridized carbons (Fsp3) is 0.833. The SMILES string of the molecule is O=C(CCc1nnc(C2CCCC2)o1)NCC1(O)CCCCCC1. The Labute approximate surface area is 143 Å². The number of aryl methyl sites for hydroxylation is 1. The van der Waals surface area contributed by atoms with Crippen LogP contribution in [0.5, 0.6) is 0 Å². The second-order valence-corrected chi connectivity index (χ2v) is 7.43. The van der Waals surface area contributed by atoms with E-state index >= 15 is 0 Å². The van der Waals surface area contributed by atoms with E-state index in [1.165, 1.54) is 25.7 Å². The summed E-state index contributed by atoms with van der Waals surface area (Å²) < 4.78 is 5.70. The van der Waals surface area contributed by atoms with Crippen molar-refractivity contribution >= 4 is 5.91 Å². The second-order valence-electron chi connectivity index (χ2n) is 7.43. The summed E-state index contributed by atoms with van der Waals surface area (Å²) in [6.07, 6.45) is 11.5. The average molecular weight is 335 g/mol. The molecule has 2 N–H and O–H groups in total. The zero-order chi connectivity index (χ0) is 16.8. The number of hydrogen-bond acceptors (Lipinski definition) is 5. The highest BCUT2D eigenvalue weighted by Crippen LogP contribution is 2.33. The van der Waals surface area contributed by atoms with Crippen LogP contribution in [0.4, 0.5) is 0 Å². The van der Waals surface area contributed by atoms with Crippen molar-refractivity contribution in [2.75, 3.05) is 6.54 Å². The molecule has 0 unspecified atom stereocenters. The van der Waals surface area contributed by atoms with Crippen LogP contribution < -0.4 is 5.32 Å². The summed E-state index contributed by atoms with van der Waals surface area (Å²) in [6, 6.07) is 0. The summed E-state index contributed by atoms with van der Waals surface area (Å²) in [4.78, 5) is 12.0. The van der Waals surface area contributed by atoms with E-state index in [2.05, 4.69) is 15.5 Å². The molecule has 1 amide bonds. The van der Waals surface area contributed by atoms with Gasteiger partial charge >= 0.3 is 0 Å². The molecule has 1 aromatic rings. The normalized spacial score (nSPS) is 21.5. The minimum absolute atomic E-state index is 0.0618. The molecule has 2 fully saturated rings. The summed E-state index contributed by atoms with van der Waals surface area (Å²) in [5.41, 5.74) is -0.730. The first kappa shape index (κ1) is 17.4. The Kier molecular flexibility index (Phi) is 5.87. The number of hydrogen-bond donors (Lipinski definition) is 2. The molecule has 1 heterocycles. The summed E-state index contributed by atoms with van der Waals surface area (Å²) in [7, 11) is 0. The quantitative estimate of drug-likeness (QED) is 0.780. The molecule has 2 aliphatic rings. The van der Waals surface area contributed by atoms with Crippen molar-refractivity contribution in [1.29, 1.82) is 0 Å². The lowest BCUT2D eigenvalue weighted by Gasteiger charge is -2.26. The van der Waals surface area contributed by atoms with Crippen LogP contribution in [0, 0.1) is 0 Å². The molecule has 134 valence electrons. The molecular formula is C18H29N3O3. The van der Waals surface area contributed by atoms with Crippen LogP contribution in [-0.2, 0) is 11.2 Å². The minimum atomic E-state index is -0.730. The van der Waals surface area contributed by atoms with Crippen LogP contribution in [0.25, 0.3) is 0 Å². The van der Waals surface area contributed by atoms with Gasteiger partial charge in [0.25, 0.3) is 0 Å². The number of nitrogens with one attached hydrogen (secondary N) is 1. The molecule has 2 aliphatic carbocycles. The molecule has 0 spiro atoms. The molecule has 1 aromatic heterocycles. The predicted octanol–water partition coefficient (Wildman–Crippen LogP) is 2.86. The molecule has 6 heteroatoms. The molecule has 0 aromatic carbocycles. The van der Waals surface area contributed by atoms with Crippen molar-refractivity contribution in [3.8, 4) is 0 Å². The first-order chi connectivity index (χ1) is 11.6. The number of aromatic nitrogens is 2. The lowest BCUT2D eigenvalue weighted by molar-refractivity contribution is -0.122. The van der Waals surface area contributed by atoms with Gasteiger partial charge in [0.1, 0.15) is 0 Å². The van der Waals surface area contributed by atoms with Gasteiger partial charge in [-0.1, -0.05) is 38.5 Å². The highest BCUT2D eigenvalue weighted by Gasteiger charge is 2.28. The molecular weight excluding hydrogens is 306 g/mol. The van der Waals surface area contributed by atoms with E-state index in [1.807, 2.05) is 0 Å². The maximum atomic E-state index is 12.0. The Morgan fingerprint density at radius 1 is 1.12 bits per heavy atom. The van der Waals surface area contributed by atoms with Crippen LogP contribution in [0.1, 0.15) is 88.3 Å². The van der Waals surface area contributed by atoms with E-state index in [9.17, 15) is 9.90 Å². The average Bonchev–Trinajstić information content (AvgIpc) is 3.21. The lowest BCUT2D eigenvalue weighted by Crippen LogP contribution is -2.42. The van der Waals surface area contributed by atoms with Gasteiger partial charge in [-0.2, -0.15) is 0 Å². The number of carbonyl (C=O) groups is 1. The van der Waals surface area contributed by atoms with Crippen molar-refractivity contribution in [2.45, 2.75) is 88.6 Å². The summed E-state index contributed by atoms with van der Waals surface area (Å²) in [5, 5.41) is 21.6. The molecule has 0 bridgehead atoms. The molecule has 24 heavy (non-hydrogen) atoms. The van der Waals surface area contributed by atoms with Crippen molar-refractivity contribution in [2.24, 2.45) is 0 Å². The van der Waals surface area contributed by atoms with Gasteiger partial charge in [-0.15, -0.1) is 10.2 Å². The largest absolute Gasteiger partial charge is 0.425 e. The smallest absolute Gasteiger partial charge is 0.220 e. The van der Waals surface area contributed by atoms with E-state index in [0.29, 0.717) is 31.2 Å². The molecule has 0 atom stereocenters. The Bertz CT molecular complexity index is 529. The van der Waals surface area contributed by atoms with Gasteiger partial charge in [0, 0.05) is 25.3 Å². The molecule has 0 aliphatic heterocycles. The number of nitrogens with zero attached hydrogens (tertiary/aromatic N) is 2. The van der Waals surface area contributed by atoms with E-state index in [-0.39, 0.29) is 5.91 Å². The Balaban J connectivity index is 1.40. The van der Waals surface area contributed by atoms with Gasteiger partial charge in [0.2, 0.25) is 17.7 Å². The summed E-state index contributed by atoms with van der Waals surface area (Å²) in [6.45, 7) is 0.350. The van der Waals surface area contributed by atoms with E-state index in [1.54, 1.807) is 0 Å². The van der Waals surface area contributed by atoms with Gasteiger partial charge < -0.3 is 14.8 Å². The monoisotopic (exact) mass is 335 g/mol. The zero-order valence-corrected chi connectivity index (χ0v) is 14.4. The van der Waals surface area contributed by atoms with Crippen molar-refractivity contribution < 1.29 is 14.3 Å². The van der Waals surface area contributed by atoms with Crippen molar-refractivity contribution in [3.63, 3.8) is 0 Å². The highest BCUT2D eigenvalue weighted by molar-refractivity contribution is 5.76. The molecule has 6 nitrogen and oxygen atoms in total. The summed E-state index contributed by atoms with van der Waals surface area (Å²) >= 11 is 0. The van der Waals surface area contributed by atoms with E-state index in [0.717, 1.165) is 44.4 Å². The van der Waals surface area contributed by atoms with Gasteiger partial charge in [-0.3, -0.25) is 4.79 Å². The fourth-order valence-corrected chi connectivity index (χ4v) is 3.84. The van der Waals surface area contributed by atoms with Gasteiger partial charge in [0.05, 0.1) is 5.60 Å². The van der Waals surface area contributed by atoms with Crippen LogP contribution in [0.2, 0.25) is 0 Å². The third-order valence-corrected chi connectivity index (χ3v) is 5.40. The Hall–Kier alpha value is -1.43. The van der Waals surface area contributed by atoms with Crippen LogP contribution in [0.3, 0.4) is 0 Å². The maximum absolute atomic E-state index is 12.0. The fourth-order valence-electron chi connectivity index (χ4n) is 3.84. The predicted molar refractivity (Wildman–Crippen MR) is 89.5 cm³/mol. The first-order valence-electron chi connectivity index (χ1n) is 9.46. The second kappa shape index (κ2) is 8.10. The molecule has 0 saturated heterocycles. The summed E-state index contributed by atoms with van der Waals surface area (Å²) in [5.74, 6) is 1.62. The van der Waals surface area contributed by atoms with Crippen molar-refractivity contribution in [1.82, 2.24) is 15.5 Å². The first-order valence-corrected chi connectivity index (χ1v) is 9.46. The number of carbonyl (C=O) groups excluding carboxylic acids is 1. The lowest BCUT2D eigenvalue weighted by atomic mass is 9.94. The Morgan fingerprint density at radius 3 is 2.54 bits per heavy atom. The standard InChI is InChI=1S/C18H29N3O3/c22-15(19-13-18(23)11-5-1-2-6-12-18)9-10-16-20-21-17(24-16)14-7-3-4-8-14/h14,23H,1-13H2,(H,19,22). The zero-order valence-electron chi connectivity index (χ0n) is 14.4. The van der Waals surface area contributed by atoms with Crippen LogP contribution in [-0.4, -0.2) is 33.4 Å². The van der Waals surface area contributed by atoms with Crippen LogP contribution in [0.15, 0.2) is 4.42 Å². The molecule has 3 rings (SSSR count).